The Morgan fingerprint density at radius 2 is 1.85 bits per heavy atom. The molecule has 1 aromatic carbocycles. The number of nitrogens with zero attached hydrogens (tertiary/aromatic N) is 2. The van der Waals surface area contributed by atoms with E-state index < -0.39 is 0 Å². The molecule has 3 nitrogen and oxygen atoms in total. The fraction of sp³-hybridized carbons (Fsp3) is 0.647. The minimum Gasteiger partial charge on any atom is -0.369 e. The predicted octanol–water partition coefficient (Wildman–Crippen LogP) is 2.72. The van der Waals surface area contributed by atoms with Crippen molar-refractivity contribution in [3.05, 3.63) is 29.8 Å². The molecule has 0 radical (unpaired) electrons. The third kappa shape index (κ3) is 4.22. The first-order valence-electron chi connectivity index (χ1n) is 7.95. The molecular weight excluding hydrogens is 246 g/mol. The van der Waals surface area contributed by atoms with E-state index in [-0.39, 0.29) is 0 Å². The van der Waals surface area contributed by atoms with Gasteiger partial charge < -0.3 is 15.1 Å². The van der Waals surface area contributed by atoms with Crippen LogP contribution in [0.15, 0.2) is 24.3 Å². The van der Waals surface area contributed by atoms with Gasteiger partial charge in [0, 0.05) is 44.5 Å². The van der Waals surface area contributed by atoms with Crippen molar-refractivity contribution in [2.75, 3.05) is 38.1 Å². The summed E-state index contributed by atoms with van der Waals surface area (Å²) in [5, 5.41) is 3.65. The molecule has 2 rings (SSSR count). The zero-order valence-electron chi connectivity index (χ0n) is 13.2. The van der Waals surface area contributed by atoms with Crippen molar-refractivity contribution in [1.82, 2.24) is 10.2 Å². The van der Waals surface area contributed by atoms with Crippen molar-refractivity contribution in [2.24, 2.45) is 0 Å². The fourth-order valence-corrected chi connectivity index (χ4v) is 2.84. The highest BCUT2D eigenvalue weighted by Gasteiger charge is 2.16. The number of benzene rings is 1. The summed E-state index contributed by atoms with van der Waals surface area (Å²) in [6, 6.07) is 9.44. The molecule has 1 fully saturated rings. The van der Waals surface area contributed by atoms with Gasteiger partial charge in [-0.3, -0.25) is 0 Å². The van der Waals surface area contributed by atoms with Crippen LogP contribution in [0.4, 0.5) is 5.69 Å². The second-order valence-electron chi connectivity index (χ2n) is 5.99. The summed E-state index contributed by atoms with van der Waals surface area (Å²) in [5.74, 6) is 0. The molecule has 0 spiro atoms. The minimum atomic E-state index is 0.598. The summed E-state index contributed by atoms with van der Waals surface area (Å²) in [5.41, 5.74) is 2.84. The lowest BCUT2D eigenvalue weighted by Crippen LogP contribution is -2.45. The standard InChI is InChI=1S/C17H29N3/c1-4-7-15(2)18-14-16-8-5-6-9-17(16)20-12-10-19(3)11-13-20/h5-6,8-9,15,18H,4,7,10-14H2,1-3H3. The van der Waals surface area contributed by atoms with Gasteiger partial charge in [-0.25, -0.2) is 0 Å². The van der Waals surface area contributed by atoms with Crippen molar-refractivity contribution in [2.45, 2.75) is 39.3 Å². The maximum absolute atomic E-state index is 3.65. The lowest BCUT2D eigenvalue weighted by molar-refractivity contribution is 0.312. The molecule has 1 heterocycles. The molecule has 1 aliphatic heterocycles. The zero-order chi connectivity index (χ0) is 14.4. The van der Waals surface area contributed by atoms with Crippen LogP contribution in [0.25, 0.3) is 0 Å². The third-order valence-corrected chi connectivity index (χ3v) is 4.20. The Morgan fingerprint density at radius 3 is 2.55 bits per heavy atom. The van der Waals surface area contributed by atoms with Gasteiger partial charge in [0.25, 0.3) is 0 Å². The summed E-state index contributed by atoms with van der Waals surface area (Å²) in [6.07, 6.45) is 2.49. The molecule has 0 bridgehead atoms. The van der Waals surface area contributed by atoms with E-state index in [1.807, 2.05) is 0 Å². The van der Waals surface area contributed by atoms with Gasteiger partial charge in [0.15, 0.2) is 0 Å². The first-order valence-corrected chi connectivity index (χ1v) is 7.95. The number of hydrogen-bond donors (Lipinski definition) is 1. The van der Waals surface area contributed by atoms with Crippen molar-refractivity contribution in [3.8, 4) is 0 Å². The normalized spacial score (nSPS) is 18.2. The van der Waals surface area contributed by atoms with Crippen LogP contribution in [-0.4, -0.2) is 44.2 Å². The van der Waals surface area contributed by atoms with Gasteiger partial charge in [-0.2, -0.15) is 0 Å². The lowest BCUT2D eigenvalue weighted by atomic mass is 10.1. The molecule has 1 aromatic rings. The Kier molecular flexibility index (Phi) is 5.86. The Morgan fingerprint density at radius 1 is 1.15 bits per heavy atom. The maximum Gasteiger partial charge on any atom is 0.0412 e. The highest BCUT2D eigenvalue weighted by molar-refractivity contribution is 5.54. The number of piperazine rings is 1. The van der Waals surface area contributed by atoms with Gasteiger partial charge in [-0.05, 0) is 32.0 Å². The van der Waals surface area contributed by atoms with Gasteiger partial charge in [0.05, 0.1) is 0 Å². The van der Waals surface area contributed by atoms with E-state index in [1.54, 1.807) is 0 Å². The average Bonchev–Trinajstić information content (AvgIpc) is 2.47. The number of para-hydroxylation sites is 1. The van der Waals surface area contributed by atoms with E-state index in [1.165, 1.54) is 24.1 Å². The Bertz CT molecular complexity index is 397. The summed E-state index contributed by atoms with van der Waals surface area (Å²) in [7, 11) is 2.21. The number of rotatable bonds is 6. The smallest absolute Gasteiger partial charge is 0.0412 e. The quantitative estimate of drug-likeness (QED) is 0.861. The van der Waals surface area contributed by atoms with E-state index >= 15 is 0 Å². The molecule has 1 aliphatic rings. The van der Waals surface area contributed by atoms with E-state index in [4.69, 9.17) is 0 Å². The second-order valence-corrected chi connectivity index (χ2v) is 5.99. The van der Waals surface area contributed by atoms with Crippen LogP contribution >= 0.6 is 0 Å². The van der Waals surface area contributed by atoms with Crippen LogP contribution in [0.1, 0.15) is 32.3 Å². The Balaban J connectivity index is 1.99. The largest absolute Gasteiger partial charge is 0.369 e. The SMILES string of the molecule is CCCC(C)NCc1ccccc1N1CCN(C)CC1. The molecule has 1 atom stereocenters. The zero-order valence-corrected chi connectivity index (χ0v) is 13.2. The minimum absolute atomic E-state index is 0.598. The first kappa shape index (κ1) is 15.3. The van der Waals surface area contributed by atoms with E-state index in [0.717, 1.165) is 32.7 Å². The van der Waals surface area contributed by atoms with Crippen molar-refractivity contribution in [3.63, 3.8) is 0 Å². The molecular formula is C17H29N3. The molecule has 1 unspecified atom stereocenters. The van der Waals surface area contributed by atoms with Crippen molar-refractivity contribution >= 4 is 5.69 Å². The highest BCUT2D eigenvalue weighted by Crippen LogP contribution is 2.21. The summed E-state index contributed by atoms with van der Waals surface area (Å²) < 4.78 is 0. The number of anilines is 1. The summed E-state index contributed by atoms with van der Waals surface area (Å²) in [6.45, 7) is 10.1. The Labute approximate surface area is 124 Å². The molecule has 0 aliphatic carbocycles. The molecule has 112 valence electrons. The van der Waals surface area contributed by atoms with Crippen LogP contribution in [0.3, 0.4) is 0 Å². The molecule has 0 aromatic heterocycles. The molecule has 0 saturated carbocycles. The maximum atomic E-state index is 3.65. The van der Waals surface area contributed by atoms with Crippen molar-refractivity contribution in [1.29, 1.82) is 0 Å². The lowest BCUT2D eigenvalue weighted by Gasteiger charge is -2.35. The van der Waals surface area contributed by atoms with Gasteiger partial charge in [-0.1, -0.05) is 31.5 Å². The van der Waals surface area contributed by atoms with Crippen LogP contribution in [0.5, 0.6) is 0 Å². The molecule has 1 N–H and O–H groups in total. The van der Waals surface area contributed by atoms with Gasteiger partial charge >= 0.3 is 0 Å². The molecule has 20 heavy (non-hydrogen) atoms. The first-order chi connectivity index (χ1) is 9.70. The van der Waals surface area contributed by atoms with E-state index in [2.05, 4.69) is 60.3 Å². The van der Waals surface area contributed by atoms with Gasteiger partial charge in [0.1, 0.15) is 0 Å². The third-order valence-electron chi connectivity index (χ3n) is 4.20. The fourth-order valence-electron chi connectivity index (χ4n) is 2.84. The summed E-state index contributed by atoms with van der Waals surface area (Å²) >= 11 is 0. The van der Waals surface area contributed by atoms with Crippen LogP contribution in [0, 0.1) is 0 Å². The summed E-state index contributed by atoms with van der Waals surface area (Å²) in [4.78, 5) is 4.93. The number of hydrogen-bond acceptors (Lipinski definition) is 3. The predicted molar refractivity (Wildman–Crippen MR) is 87.4 cm³/mol. The van der Waals surface area contributed by atoms with Crippen molar-refractivity contribution < 1.29 is 0 Å². The second kappa shape index (κ2) is 7.65. The monoisotopic (exact) mass is 275 g/mol. The number of likely N-dealkylation sites (N-methyl/N-ethyl adjacent to an activating group) is 1. The van der Waals surface area contributed by atoms with E-state index in [9.17, 15) is 0 Å². The van der Waals surface area contributed by atoms with Gasteiger partial charge in [0.2, 0.25) is 0 Å². The molecule has 0 amide bonds. The van der Waals surface area contributed by atoms with E-state index in [0.29, 0.717) is 6.04 Å². The van der Waals surface area contributed by atoms with Crippen LogP contribution < -0.4 is 10.2 Å². The topological polar surface area (TPSA) is 18.5 Å². The van der Waals surface area contributed by atoms with Crippen LogP contribution in [0.2, 0.25) is 0 Å². The number of nitrogens with one attached hydrogen (secondary N) is 1. The molecule has 3 heteroatoms. The average molecular weight is 275 g/mol. The molecule has 1 saturated heterocycles. The van der Waals surface area contributed by atoms with Crippen LogP contribution in [-0.2, 0) is 6.54 Å². The van der Waals surface area contributed by atoms with Gasteiger partial charge in [-0.15, -0.1) is 0 Å². The highest BCUT2D eigenvalue weighted by atomic mass is 15.2. The Hall–Kier alpha value is -1.06.